The monoisotopic (exact) mass is 462 g/mol. The van der Waals surface area contributed by atoms with Crippen molar-refractivity contribution in [1.82, 2.24) is 4.90 Å². The molecule has 33 heavy (non-hydrogen) atoms. The van der Waals surface area contributed by atoms with E-state index in [0.717, 1.165) is 5.56 Å². The number of carbonyl (C=O) groups is 2. The lowest BCUT2D eigenvalue weighted by Crippen LogP contribution is -2.23. The van der Waals surface area contributed by atoms with Crippen molar-refractivity contribution in [3.63, 3.8) is 0 Å². The third-order valence-electron chi connectivity index (χ3n) is 4.85. The molecule has 0 spiro atoms. The van der Waals surface area contributed by atoms with Crippen LogP contribution in [-0.2, 0) is 11.4 Å². The van der Waals surface area contributed by atoms with Gasteiger partial charge >= 0.3 is 5.97 Å². The predicted octanol–water partition coefficient (Wildman–Crippen LogP) is 5.34. The number of carboxylic acids is 1. The molecule has 1 heterocycles. The Morgan fingerprint density at radius 3 is 2.61 bits per heavy atom. The number of likely N-dealkylation sites (N-methyl/N-ethyl adjacent to an activating group) is 1. The molecule has 1 N–H and O–H groups in total. The summed E-state index contributed by atoms with van der Waals surface area (Å²) in [6.07, 6.45) is 1.75. The number of amidine groups is 1. The molecular weight excluding hydrogens is 443 g/mol. The number of thioether (sulfide) groups is 1. The SMILES string of the molecule is CN1C(=O)C(=Cc2ccc(OCc3ccccc3F)cc2)SC1=Nc1cccc(C(=O)O)c1. The summed E-state index contributed by atoms with van der Waals surface area (Å²) in [5, 5.41) is 9.60. The Hall–Kier alpha value is -3.91. The molecule has 1 aliphatic rings. The maximum Gasteiger partial charge on any atom is 0.335 e. The highest BCUT2D eigenvalue weighted by atomic mass is 32.2. The Balaban J connectivity index is 1.46. The van der Waals surface area contributed by atoms with Crippen molar-refractivity contribution in [3.8, 4) is 5.75 Å². The van der Waals surface area contributed by atoms with Crippen molar-refractivity contribution in [3.05, 3.63) is 100 Å². The van der Waals surface area contributed by atoms with Gasteiger partial charge in [0.05, 0.1) is 16.2 Å². The summed E-state index contributed by atoms with van der Waals surface area (Å²) >= 11 is 1.21. The first-order chi connectivity index (χ1) is 15.9. The fourth-order valence-electron chi connectivity index (χ4n) is 3.06. The van der Waals surface area contributed by atoms with E-state index in [2.05, 4.69) is 4.99 Å². The standard InChI is InChI=1S/C25H19FN2O4S/c1-28-23(29)22(33-25(28)27-19-7-4-6-17(14-19)24(30)31)13-16-9-11-20(12-10-16)32-15-18-5-2-3-8-21(18)26/h2-14H,15H2,1H3,(H,30,31). The highest BCUT2D eigenvalue weighted by molar-refractivity contribution is 8.18. The number of ether oxygens (including phenoxy) is 1. The van der Waals surface area contributed by atoms with Crippen LogP contribution < -0.4 is 4.74 Å². The van der Waals surface area contributed by atoms with E-state index in [1.165, 1.54) is 34.9 Å². The van der Waals surface area contributed by atoms with E-state index in [0.29, 0.717) is 27.1 Å². The number of aromatic carboxylic acids is 1. The van der Waals surface area contributed by atoms with Crippen molar-refractivity contribution >= 4 is 40.6 Å². The zero-order valence-corrected chi connectivity index (χ0v) is 18.4. The van der Waals surface area contributed by atoms with Crippen molar-refractivity contribution in [2.45, 2.75) is 6.61 Å². The minimum atomic E-state index is -1.04. The van der Waals surface area contributed by atoms with E-state index in [9.17, 15) is 14.0 Å². The van der Waals surface area contributed by atoms with Crippen molar-refractivity contribution in [1.29, 1.82) is 0 Å². The fraction of sp³-hybridized carbons (Fsp3) is 0.0800. The highest BCUT2D eigenvalue weighted by Gasteiger charge is 2.30. The second kappa shape index (κ2) is 9.70. The number of hydrogen-bond acceptors (Lipinski definition) is 5. The third kappa shape index (κ3) is 5.30. The Kier molecular flexibility index (Phi) is 6.55. The van der Waals surface area contributed by atoms with Crippen LogP contribution in [0.3, 0.4) is 0 Å². The molecule has 1 aliphatic heterocycles. The van der Waals surface area contributed by atoms with Crippen LogP contribution in [-0.4, -0.2) is 34.1 Å². The summed E-state index contributed by atoms with van der Waals surface area (Å²) in [6, 6.07) is 19.8. The second-order valence-electron chi connectivity index (χ2n) is 7.17. The molecule has 0 radical (unpaired) electrons. The van der Waals surface area contributed by atoms with Gasteiger partial charge in [-0.2, -0.15) is 0 Å². The fourth-order valence-corrected chi connectivity index (χ4v) is 4.05. The number of nitrogens with zero attached hydrogens (tertiary/aromatic N) is 2. The van der Waals surface area contributed by atoms with Crippen LogP contribution in [0.4, 0.5) is 10.1 Å². The van der Waals surface area contributed by atoms with E-state index in [4.69, 9.17) is 9.84 Å². The molecule has 0 bridgehead atoms. The van der Waals surface area contributed by atoms with Crippen LogP contribution in [0.1, 0.15) is 21.5 Å². The van der Waals surface area contributed by atoms with Gasteiger partial charge in [0.1, 0.15) is 18.2 Å². The third-order valence-corrected chi connectivity index (χ3v) is 5.91. The number of hydrogen-bond donors (Lipinski definition) is 1. The van der Waals surface area contributed by atoms with Crippen molar-refractivity contribution in [2.75, 3.05) is 7.05 Å². The minimum Gasteiger partial charge on any atom is -0.489 e. The zero-order valence-electron chi connectivity index (χ0n) is 17.6. The summed E-state index contributed by atoms with van der Waals surface area (Å²) in [5.74, 6) is -0.967. The van der Waals surface area contributed by atoms with Crippen LogP contribution in [0.15, 0.2) is 82.7 Å². The first-order valence-corrected chi connectivity index (χ1v) is 10.8. The Labute approximate surface area is 194 Å². The molecule has 1 saturated heterocycles. The van der Waals surface area contributed by atoms with E-state index < -0.39 is 5.97 Å². The van der Waals surface area contributed by atoms with Gasteiger partial charge in [-0.3, -0.25) is 9.69 Å². The van der Waals surface area contributed by atoms with Gasteiger partial charge < -0.3 is 9.84 Å². The second-order valence-corrected chi connectivity index (χ2v) is 8.18. The van der Waals surface area contributed by atoms with Gasteiger partial charge in [0.2, 0.25) is 0 Å². The number of benzene rings is 3. The van der Waals surface area contributed by atoms with Gasteiger partial charge in [-0.15, -0.1) is 0 Å². The molecule has 1 fully saturated rings. The quantitative estimate of drug-likeness (QED) is 0.501. The van der Waals surface area contributed by atoms with Crippen molar-refractivity contribution < 1.29 is 23.8 Å². The van der Waals surface area contributed by atoms with Gasteiger partial charge in [-0.1, -0.05) is 36.4 Å². The van der Waals surface area contributed by atoms with E-state index >= 15 is 0 Å². The van der Waals surface area contributed by atoms with Crippen LogP contribution in [0.2, 0.25) is 0 Å². The Morgan fingerprint density at radius 2 is 1.88 bits per heavy atom. The van der Waals surface area contributed by atoms with Gasteiger partial charge in [-0.05, 0) is 59.8 Å². The largest absolute Gasteiger partial charge is 0.489 e. The molecule has 3 aromatic rings. The molecule has 0 atom stereocenters. The average Bonchev–Trinajstić information content (AvgIpc) is 3.07. The van der Waals surface area contributed by atoms with E-state index in [1.807, 2.05) is 12.1 Å². The van der Waals surface area contributed by atoms with Gasteiger partial charge in [0.15, 0.2) is 5.17 Å². The molecule has 3 aromatic carbocycles. The lowest BCUT2D eigenvalue weighted by atomic mass is 10.2. The van der Waals surface area contributed by atoms with Crippen LogP contribution in [0, 0.1) is 5.82 Å². The number of halogens is 1. The number of carbonyl (C=O) groups excluding carboxylic acids is 1. The normalized spacial score (nSPS) is 15.9. The molecule has 4 rings (SSSR count). The number of amides is 1. The lowest BCUT2D eigenvalue weighted by Gasteiger charge is -2.07. The Bertz CT molecular complexity index is 1270. The molecule has 6 nitrogen and oxygen atoms in total. The molecular formula is C25H19FN2O4S. The number of carboxylic acid groups (broad SMARTS) is 1. The zero-order chi connectivity index (χ0) is 23.4. The van der Waals surface area contributed by atoms with Gasteiger partial charge in [0, 0.05) is 12.6 Å². The molecule has 0 aromatic heterocycles. The predicted molar refractivity (Wildman–Crippen MR) is 126 cm³/mol. The first-order valence-electron chi connectivity index (χ1n) is 9.96. The maximum absolute atomic E-state index is 13.7. The van der Waals surface area contributed by atoms with Crippen LogP contribution in [0.5, 0.6) is 5.75 Å². The Morgan fingerprint density at radius 1 is 1.12 bits per heavy atom. The molecule has 0 aliphatic carbocycles. The maximum atomic E-state index is 13.7. The molecule has 0 saturated carbocycles. The molecule has 166 valence electrons. The molecule has 1 amide bonds. The first kappa shape index (κ1) is 22.3. The van der Waals surface area contributed by atoms with Crippen LogP contribution in [0.25, 0.3) is 6.08 Å². The topological polar surface area (TPSA) is 79.2 Å². The summed E-state index contributed by atoms with van der Waals surface area (Å²) in [7, 11) is 1.62. The number of aliphatic imine (C=N–C) groups is 1. The van der Waals surface area contributed by atoms with Crippen molar-refractivity contribution in [2.24, 2.45) is 4.99 Å². The molecule has 8 heteroatoms. The summed E-state index contributed by atoms with van der Waals surface area (Å²) < 4.78 is 19.4. The summed E-state index contributed by atoms with van der Waals surface area (Å²) in [4.78, 5) is 30.2. The smallest absolute Gasteiger partial charge is 0.335 e. The summed E-state index contributed by atoms with van der Waals surface area (Å²) in [6.45, 7) is 0.120. The average molecular weight is 463 g/mol. The summed E-state index contributed by atoms with van der Waals surface area (Å²) in [5.41, 5.74) is 1.85. The van der Waals surface area contributed by atoms with Gasteiger partial charge in [0.25, 0.3) is 5.91 Å². The minimum absolute atomic E-state index is 0.120. The number of rotatable bonds is 6. The van der Waals surface area contributed by atoms with E-state index in [1.54, 1.807) is 55.6 Å². The lowest BCUT2D eigenvalue weighted by molar-refractivity contribution is -0.121. The van der Waals surface area contributed by atoms with Crippen LogP contribution >= 0.6 is 11.8 Å². The highest BCUT2D eigenvalue weighted by Crippen LogP contribution is 2.33. The van der Waals surface area contributed by atoms with Gasteiger partial charge in [-0.25, -0.2) is 14.2 Å². The molecule has 0 unspecified atom stereocenters. The van der Waals surface area contributed by atoms with E-state index in [-0.39, 0.29) is 23.9 Å².